The van der Waals surface area contributed by atoms with Gasteiger partial charge >= 0.3 is 0 Å². The molecule has 1 N–H and O–H groups in total. The molecule has 2 atom stereocenters. The lowest BCUT2D eigenvalue weighted by molar-refractivity contribution is -0.131. The van der Waals surface area contributed by atoms with Crippen molar-refractivity contribution in [1.82, 2.24) is 10.2 Å². The van der Waals surface area contributed by atoms with E-state index >= 15 is 0 Å². The molecule has 2 amide bonds. The van der Waals surface area contributed by atoms with Crippen molar-refractivity contribution in [2.75, 3.05) is 13.1 Å². The first-order valence-electron chi connectivity index (χ1n) is 8.05. The van der Waals surface area contributed by atoms with Gasteiger partial charge in [-0.25, -0.2) is 0 Å². The monoisotopic (exact) mass is 312 g/mol. The van der Waals surface area contributed by atoms with Crippen molar-refractivity contribution in [3.8, 4) is 12.3 Å². The van der Waals surface area contributed by atoms with Gasteiger partial charge in [-0.1, -0.05) is 42.7 Å². The van der Waals surface area contributed by atoms with Crippen molar-refractivity contribution in [1.29, 1.82) is 0 Å². The van der Waals surface area contributed by atoms with Gasteiger partial charge in [0.05, 0.1) is 6.54 Å². The number of carbonyl (C=O) groups is 2. The van der Waals surface area contributed by atoms with Gasteiger partial charge in [0, 0.05) is 25.4 Å². The van der Waals surface area contributed by atoms with Gasteiger partial charge in [0.2, 0.25) is 11.8 Å². The van der Waals surface area contributed by atoms with E-state index in [-0.39, 0.29) is 30.7 Å². The number of hydrogen-bond donors (Lipinski definition) is 1. The summed E-state index contributed by atoms with van der Waals surface area (Å²) in [6, 6.07) is 8.04. The number of benzene rings is 1. The Balaban J connectivity index is 1.81. The maximum Gasteiger partial charge on any atom is 0.225 e. The van der Waals surface area contributed by atoms with Gasteiger partial charge in [0.15, 0.2) is 0 Å². The van der Waals surface area contributed by atoms with Crippen LogP contribution in [0.3, 0.4) is 0 Å². The zero-order valence-electron chi connectivity index (χ0n) is 13.8. The maximum atomic E-state index is 12.3. The summed E-state index contributed by atoms with van der Waals surface area (Å²) in [5.74, 6) is 3.17. The summed E-state index contributed by atoms with van der Waals surface area (Å²) in [4.78, 5) is 25.7. The van der Waals surface area contributed by atoms with E-state index in [2.05, 4.69) is 18.2 Å². The topological polar surface area (TPSA) is 49.4 Å². The molecule has 0 unspecified atom stereocenters. The van der Waals surface area contributed by atoms with Crippen LogP contribution in [0.1, 0.15) is 30.9 Å². The molecule has 0 heterocycles. The SMILES string of the molecule is C#CCN(Cc1ccc(C)cc1)C(=O)CCNC(=O)[C@H]1C[C@@H]1C. The molecular weight excluding hydrogens is 288 g/mol. The van der Waals surface area contributed by atoms with Crippen molar-refractivity contribution >= 4 is 11.8 Å². The summed E-state index contributed by atoms with van der Waals surface area (Å²) in [6.07, 6.45) is 6.60. The van der Waals surface area contributed by atoms with Crippen molar-refractivity contribution in [2.45, 2.75) is 33.2 Å². The molecule has 1 aliphatic carbocycles. The maximum absolute atomic E-state index is 12.3. The Hall–Kier alpha value is -2.28. The Morgan fingerprint density at radius 3 is 2.57 bits per heavy atom. The Kier molecular flexibility index (Phi) is 5.81. The third kappa shape index (κ3) is 5.14. The predicted octanol–water partition coefficient (Wildman–Crippen LogP) is 2.12. The molecule has 0 radical (unpaired) electrons. The highest BCUT2D eigenvalue weighted by Gasteiger charge is 2.38. The van der Waals surface area contributed by atoms with Crippen molar-refractivity contribution in [3.05, 3.63) is 35.4 Å². The van der Waals surface area contributed by atoms with Gasteiger partial charge in [-0.05, 0) is 24.8 Å². The summed E-state index contributed by atoms with van der Waals surface area (Å²) in [7, 11) is 0. The third-order valence-corrected chi connectivity index (χ3v) is 4.21. The minimum atomic E-state index is -0.0346. The highest BCUT2D eigenvalue weighted by atomic mass is 16.2. The second-order valence-corrected chi connectivity index (χ2v) is 6.30. The Morgan fingerprint density at radius 2 is 2.00 bits per heavy atom. The van der Waals surface area contributed by atoms with Crippen molar-refractivity contribution in [3.63, 3.8) is 0 Å². The van der Waals surface area contributed by atoms with E-state index in [9.17, 15) is 9.59 Å². The average molecular weight is 312 g/mol. The highest BCUT2D eigenvalue weighted by Crippen LogP contribution is 2.37. The molecule has 0 bridgehead atoms. The minimum Gasteiger partial charge on any atom is -0.355 e. The van der Waals surface area contributed by atoms with E-state index in [0.717, 1.165) is 12.0 Å². The van der Waals surface area contributed by atoms with Crippen molar-refractivity contribution in [2.24, 2.45) is 11.8 Å². The summed E-state index contributed by atoms with van der Waals surface area (Å²) in [5, 5.41) is 2.84. The zero-order chi connectivity index (χ0) is 16.8. The van der Waals surface area contributed by atoms with Gasteiger partial charge in [0.1, 0.15) is 0 Å². The standard InChI is InChI=1S/C19H24N2O2/c1-4-11-21(13-16-7-5-14(2)6-8-16)18(22)9-10-20-19(23)17-12-15(17)3/h1,5-8,15,17H,9-13H2,2-3H3,(H,20,23)/t15-,17-/m0/s1. The lowest BCUT2D eigenvalue weighted by atomic mass is 10.1. The molecule has 4 heteroatoms. The lowest BCUT2D eigenvalue weighted by Crippen LogP contribution is -2.35. The smallest absolute Gasteiger partial charge is 0.225 e. The van der Waals surface area contributed by atoms with Crippen LogP contribution in [0, 0.1) is 31.1 Å². The van der Waals surface area contributed by atoms with E-state index in [4.69, 9.17) is 6.42 Å². The van der Waals surface area contributed by atoms with Gasteiger partial charge in [-0.3, -0.25) is 9.59 Å². The van der Waals surface area contributed by atoms with E-state index in [0.29, 0.717) is 19.0 Å². The molecule has 0 aliphatic heterocycles. The molecule has 0 spiro atoms. The summed E-state index contributed by atoms with van der Waals surface area (Å²) < 4.78 is 0. The van der Waals surface area contributed by atoms with E-state index in [1.165, 1.54) is 5.56 Å². The van der Waals surface area contributed by atoms with Crippen LogP contribution in [0.4, 0.5) is 0 Å². The second kappa shape index (κ2) is 7.82. The molecule has 1 aromatic carbocycles. The number of nitrogens with zero attached hydrogens (tertiary/aromatic N) is 1. The van der Waals surface area contributed by atoms with Gasteiger partial charge in [-0.15, -0.1) is 6.42 Å². The molecule has 0 aromatic heterocycles. The van der Waals surface area contributed by atoms with Crippen LogP contribution in [0.2, 0.25) is 0 Å². The first-order chi connectivity index (χ1) is 11.0. The van der Waals surface area contributed by atoms with Gasteiger partial charge in [0.25, 0.3) is 0 Å². The van der Waals surface area contributed by atoms with Crippen LogP contribution in [0.15, 0.2) is 24.3 Å². The second-order valence-electron chi connectivity index (χ2n) is 6.30. The summed E-state index contributed by atoms with van der Waals surface area (Å²) in [5.41, 5.74) is 2.23. The number of hydrogen-bond acceptors (Lipinski definition) is 2. The molecule has 1 saturated carbocycles. The van der Waals surface area contributed by atoms with Gasteiger partial charge < -0.3 is 10.2 Å². The fourth-order valence-corrected chi connectivity index (χ4v) is 2.53. The molecule has 2 rings (SSSR count). The van der Waals surface area contributed by atoms with E-state index in [1.807, 2.05) is 31.2 Å². The Labute approximate surface area is 138 Å². The first-order valence-corrected chi connectivity index (χ1v) is 8.05. The van der Waals surface area contributed by atoms with Crippen LogP contribution in [0.25, 0.3) is 0 Å². The van der Waals surface area contributed by atoms with Gasteiger partial charge in [-0.2, -0.15) is 0 Å². The number of nitrogens with one attached hydrogen (secondary N) is 1. The molecule has 1 aromatic rings. The molecule has 4 nitrogen and oxygen atoms in total. The van der Waals surface area contributed by atoms with E-state index in [1.54, 1.807) is 4.90 Å². The lowest BCUT2D eigenvalue weighted by Gasteiger charge is -2.20. The summed E-state index contributed by atoms with van der Waals surface area (Å²) in [6.45, 7) is 5.23. The van der Waals surface area contributed by atoms with Crippen LogP contribution in [0.5, 0.6) is 0 Å². The quantitative estimate of drug-likeness (QED) is 0.784. The average Bonchev–Trinajstić information content (AvgIpc) is 3.26. The zero-order valence-corrected chi connectivity index (χ0v) is 13.8. The molecule has 23 heavy (non-hydrogen) atoms. The van der Waals surface area contributed by atoms with Crippen molar-refractivity contribution < 1.29 is 9.59 Å². The van der Waals surface area contributed by atoms with Crippen LogP contribution in [-0.4, -0.2) is 29.8 Å². The number of carbonyl (C=O) groups excluding carboxylic acids is 2. The molecule has 1 fully saturated rings. The normalized spacial score (nSPS) is 18.8. The molecular formula is C19H24N2O2. The Bertz CT molecular complexity index is 601. The molecule has 0 saturated heterocycles. The fraction of sp³-hybridized carbons (Fsp3) is 0.474. The first kappa shape index (κ1) is 17.1. The number of aryl methyl sites for hydroxylation is 1. The molecule has 1 aliphatic rings. The highest BCUT2D eigenvalue weighted by molar-refractivity contribution is 5.82. The van der Waals surface area contributed by atoms with Crippen LogP contribution in [-0.2, 0) is 16.1 Å². The molecule has 122 valence electrons. The predicted molar refractivity (Wildman–Crippen MR) is 90.3 cm³/mol. The van der Waals surface area contributed by atoms with Crippen LogP contribution < -0.4 is 5.32 Å². The number of terminal acetylenes is 1. The largest absolute Gasteiger partial charge is 0.355 e. The fourth-order valence-electron chi connectivity index (χ4n) is 2.53. The summed E-state index contributed by atoms with van der Waals surface area (Å²) >= 11 is 0. The number of amides is 2. The minimum absolute atomic E-state index is 0.0346. The van der Waals surface area contributed by atoms with E-state index < -0.39 is 0 Å². The van der Waals surface area contributed by atoms with Crippen LogP contribution >= 0.6 is 0 Å². The Morgan fingerprint density at radius 1 is 1.35 bits per heavy atom. The third-order valence-electron chi connectivity index (χ3n) is 4.21. The number of rotatable bonds is 7.